The number of rotatable bonds is 1. The molecule has 0 bridgehead atoms. The van der Waals surface area contributed by atoms with Crippen molar-refractivity contribution in [2.75, 3.05) is 12.0 Å². The molecule has 0 aliphatic carbocycles. The van der Waals surface area contributed by atoms with Gasteiger partial charge in [0.25, 0.3) is 0 Å². The van der Waals surface area contributed by atoms with Gasteiger partial charge in [0.05, 0.1) is 10.6 Å². The quantitative estimate of drug-likeness (QED) is 0.804. The summed E-state index contributed by atoms with van der Waals surface area (Å²) >= 11 is 6.36. The molecule has 0 spiro atoms. The van der Waals surface area contributed by atoms with Gasteiger partial charge in [0, 0.05) is 15.2 Å². The number of sulfone groups is 1. The smallest absolute Gasteiger partial charge is 0.177 e. The molecule has 0 aromatic heterocycles. The Kier molecular flexibility index (Phi) is 3.04. The van der Waals surface area contributed by atoms with E-state index in [0.29, 0.717) is 8.95 Å². The minimum absolute atomic E-state index is 0.133. The molecule has 0 atom stereocenters. The monoisotopic (exact) mass is 327 g/mol. The number of nitrogens with two attached hydrogens (primary N) is 1. The molecule has 0 fully saturated rings. The molecule has 0 saturated heterocycles. The van der Waals surface area contributed by atoms with Crippen molar-refractivity contribution < 1.29 is 8.42 Å². The van der Waals surface area contributed by atoms with E-state index in [2.05, 4.69) is 31.9 Å². The van der Waals surface area contributed by atoms with Gasteiger partial charge in [-0.1, -0.05) is 15.9 Å². The summed E-state index contributed by atoms with van der Waals surface area (Å²) in [5.41, 5.74) is 5.83. The molecule has 1 aromatic rings. The first-order valence-electron chi connectivity index (χ1n) is 3.27. The van der Waals surface area contributed by atoms with Gasteiger partial charge in [-0.05, 0) is 28.1 Å². The highest BCUT2D eigenvalue weighted by Crippen LogP contribution is 2.30. The number of hydrogen-bond acceptors (Lipinski definition) is 3. The zero-order valence-electron chi connectivity index (χ0n) is 6.71. The van der Waals surface area contributed by atoms with Crippen molar-refractivity contribution in [3.8, 4) is 0 Å². The number of halogens is 2. The Morgan fingerprint density at radius 2 is 1.85 bits per heavy atom. The van der Waals surface area contributed by atoms with Crippen molar-refractivity contribution in [1.29, 1.82) is 0 Å². The summed E-state index contributed by atoms with van der Waals surface area (Å²) in [4.78, 5) is 0.133. The molecule has 0 heterocycles. The van der Waals surface area contributed by atoms with E-state index >= 15 is 0 Å². The van der Waals surface area contributed by atoms with Crippen LogP contribution in [0.15, 0.2) is 26.0 Å². The second-order valence-electron chi connectivity index (χ2n) is 2.57. The highest BCUT2D eigenvalue weighted by Gasteiger charge is 2.14. The van der Waals surface area contributed by atoms with Crippen LogP contribution in [0.2, 0.25) is 0 Å². The highest BCUT2D eigenvalue weighted by molar-refractivity contribution is 9.11. The number of anilines is 1. The number of benzene rings is 1. The Labute approximate surface area is 93.5 Å². The molecule has 0 aliphatic rings. The maximum absolute atomic E-state index is 11.2. The zero-order valence-corrected chi connectivity index (χ0v) is 10.7. The maximum atomic E-state index is 11.2. The van der Waals surface area contributed by atoms with Crippen molar-refractivity contribution in [2.24, 2.45) is 0 Å². The molecule has 0 saturated carbocycles. The predicted molar refractivity (Wildman–Crippen MR) is 59.4 cm³/mol. The molecular formula is C7H7Br2NO2S. The van der Waals surface area contributed by atoms with Crippen LogP contribution in [0.3, 0.4) is 0 Å². The fourth-order valence-corrected chi connectivity index (χ4v) is 3.23. The topological polar surface area (TPSA) is 60.2 Å². The van der Waals surface area contributed by atoms with Crippen LogP contribution in [-0.2, 0) is 9.84 Å². The molecule has 13 heavy (non-hydrogen) atoms. The van der Waals surface area contributed by atoms with Crippen LogP contribution in [0.5, 0.6) is 0 Å². The maximum Gasteiger partial charge on any atom is 0.177 e. The first-order chi connectivity index (χ1) is 5.82. The van der Waals surface area contributed by atoms with Crippen molar-refractivity contribution >= 4 is 47.4 Å². The molecular weight excluding hydrogens is 322 g/mol. The van der Waals surface area contributed by atoms with Gasteiger partial charge in [0.2, 0.25) is 0 Å². The minimum Gasteiger partial charge on any atom is -0.397 e. The third-order valence-electron chi connectivity index (χ3n) is 1.46. The lowest BCUT2D eigenvalue weighted by Crippen LogP contribution is -2.03. The number of nitrogen functional groups attached to an aromatic ring is 1. The van der Waals surface area contributed by atoms with Gasteiger partial charge in [0.1, 0.15) is 0 Å². The molecule has 6 heteroatoms. The van der Waals surface area contributed by atoms with Crippen molar-refractivity contribution in [1.82, 2.24) is 0 Å². The molecule has 0 aliphatic heterocycles. The molecule has 0 radical (unpaired) electrons. The largest absolute Gasteiger partial charge is 0.397 e. The van der Waals surface area contributed by atoms with Gasteiger partial charge < -0.3 is 5.73 Å². The first kappa shape index (κ1) is 11.0. The van der Waals surface area contributed by atoms with Crippen LogP contribution < -0.4 is 5.73 Å². The highest BCUT2D eigenvalue weighted by atomic mass is 79.9. The van der Waals surface area contributed by atoms with E-state index in [1.165, 1.54) is 6.07 Å². The average Bonchev–Trinajstić information content (AvgIpc) is 1.94. The second-order valence-corrected chi connectivity index (χ2v) is 6.33. The van der Waals surface area contributed by atoms with E-state index in [-0.39, 0.29) is 10.6 Å². The summed E-state index contributed by atoms with van der Waals surface area (Å²) in [7, 11) is -3.26. The van der Waals surface area contributed by atoms with Crippen LogP contribution in [0.1, 0.15) is 0 Å². The molecule has 2 N–H and O–H groups in total. The Hall–Kier alpha value is -0.0700. The molecule has 1 rings (SSSR count). The fraction of sp³-hybridized carbons (Fsp3) is 0.143. The van der Waals surface area contributed by atoms with E-state index < -0.39 is 9.84 Å². The molecule has 1 aromatic carbocycles. The summed E-state index contributed by atoms with van der Waals surface area (Å²) < 4.78 is 23.7. The van der Waals surface area contributed by atoms with Crippen molar-refractivity contribution in [3.63, 3.8) is 0 Å². The standard InChI is InChI=1S/C7H7Br2NO2S/c1-13(11,12)6-3-4(8)2-5(9)7(6)10/h2-3H,10H2,1H3. The van der Waals surface area contributed by atoms with Crippen LogP contribution in [0.25, 0.3) is 0 Å². The normalized spacial score (nSPS) is 11.6. The van der Waals surface area contributed by atoms with Crippen molar-refractivity contribution in [3.05, 3.63) is 21.1 Å². The van der Waals surface area contributed by atoms with Gasteiger partial charge in [-0.25, -0.2) is 8.42 Å². The van der Waals surface area contributed by atoms with E-state index in [0.717, 1.165) is 6.26 Å². The van der Waals surface area contributed by atoms with Gasteiger partial charge in [0.15, 0.2) is 9.84 Å². The zero-order chi connectivity index (χ0) is 10.2. The Morgan fingerprint density at radius 1 is 1.31 bits per heavy atom. The van der Waals surface area contributed by atoms with E-state index in [9.17, 15) is 8.42 Å². The van der Waals surface area contributed by atoms with Crippen LogP contribution in [0.4, 0.5) is 5.69 Å². The Morgan fingerprint density at radius 3 is 2.31 bits per heavy atom. The molecule has 0 unspecified atom stereocenters. The molecule has 72 valence electrons. The van der Waals surface area contributed by atoms with Crippen LogP contribution >= 0.6 is 31.9 Å². The van der Waals surface area contributed by atoms with Gasteiger partial charge >= 0.3 is 0 Å². The van der Waals surface area contributed by atoms with Gasteiger partial charge in [-0.3, -0.25) is 0 Å². The average molecular weight is 329 g/mol. The third kappa shape index (κ3) is 2.45. The second kappa shape index (κ2) is 3.59. The van der Waals surface area contributed by atoms with Gasteiger partial charge in [-0.15, -0.1) is 0 Å². The Bertz CT molecular complexity index is 442. The predicted octanol–water partition coefficient (Wildman–Crippen LogP) is 2.20. The summed E-state index contributed by atoms with van der Waals surface area (Å²) in [6.07, 6.45) is 1.12. The molecule has 0 amide bonds. The lowest BCUT2D eigenvalue weighted by Gasteiger charge is -2.05. The first-order valence-corrected chi connectivity index (χ1v) is 6.74. The van der Waals surface area contributed by atoms with E-state index in [1.54, 1.807) is 6.07 Å². The van der Waals surface area contributed by atoms with Crippen molar-refractivity contribution in [2.45, 2.75) is 4.90 Å². The lowest BCUT2D eigenvalue weighted by molar-refractivity contribution is 0.602. The Balaban J connectivity index is 3.56. The van der Waals surface area contributed by atoms with Crippen LogP contribution in [0, 0.1) is 0 Å². The third-order valence-corrected chi connectivity index (χ3v) is 3.71. The minimum atomic E-state index is -3.26. The molecule has 3 nitrogen and oxygen atoms in total. The van der Waals surface area contributed by atoms with Gasteiger partial charge in [-0.2, -0.15) is 0 Å². The SMILES string of the molecule is CS(=O)(=O)c1cc(Br)cc(Br)c1N. The van der Waals surface area contributed by atoms with E-state index in [4.69, 9.17) is 5.73 Å². The lowest BCUT2D eigenvalue weighted by atomic mass is 10.3. The summed E-state index contributed by atoms with van der Waals surface area (Å²) in [5, 5.41) is 0. The summed E-state index contributed by atoms with van der Waals surface area (Å²) in [6.45, 7) is 0. The fourth-order valence-electron chi connectivity index (χ4n) is 0.868. The van der Waals surface area contributed by atoms with E-state index in [1.807, 2.05) is 0 Å². The van der Waals surface area contributed by atoms with Crippen LogP contribution in [-0.4, -0.2) is 14.7 Å². The summed E-state index contributed by atoms with van der Waals surface area (Å²) in [6, 6.07) is 3.18. The summed E-state index contributed by atoms with van der Waals surface area (Å²) in [5.74, 6) is 0. The number of hydrogen-bond donors (Lipinski definition) is 1.